The van der Waals surface area contributed by atoms with Crippen LogP contribution in [0, 0.1) is 13.8 Å². The zero-order valence-corrected chi connectivity index (χ0v) is 21.0. The maximum absolute atomic E-state index is 13.4. The lowest BCUT2D eigenvalue weighted by molar-refractivity contribution is -0.119. The van der Waals surface area contributed by atoms with Crippen LogP contribution in [0.2, 0.25) is 5.02 Å². The third-order valence-electron chi connectivity index (χ3n) is 5.67. The minimum absolute atomic E-state index is 0.139. The molecule has 1 aliphatic carbocycles. The Kier molecular flexibility index (Phi) is 8.91. The standard InChI is InChI=1S/C24H31ClN2O3S2/c1-18-8-12-22(13-9-18)32(29,30)27(20-11-10-19(2)23(25)16-20)17-24(28)26-14-15-31-21-6-4-3-5-7-21/h8-13,16,21H,3-7,14-15,17H2,1-2H3,(H,26,28). The second kappa shape index (κ2) is 11.4. The van der Waals surface area contributed by atoms with Crippen molar-refractivity contribution < 1.29 is 13.2 Å². The van der Waals surface area contributed by atoms with Gasteiger partial charge in [0.15, 0.2) is 0 Å². The van der Waals surface area contributed by atoms with E-state index in [1.807, 2.05) is 25.6 Å². The first-order valence-electron chi connectivity index (χ1n) is 11.0. The zero-order chi connectivity index (χ0) is 23.1. The molecular formula is C24H31ClN2O3S2. The van der Waals surface area contributed by atoms with Gasteiger partial charge in [0.1, 0.15) is 6.54 Å². The molecule has 0 radical (unpaired) electrons. The van der Waals surface area contributed by atoms with Crippen LogP contribution in [0.1, 0.15) is 43.2 Å². The molecule has 0 unspecified atom stereocenters. The van der Waals surface area contributed by atoms with Crippen molar-refractivity contribution in [2.45, 2.75) is 56.1 Å². The van der Waals surface area contributed by atoms with Crippen LogP contribution in [0.25, 0.3) is 0 Å². The lowest BCUT2D eigenvalue weighted by Gasteiger charge is -2.25. The van der Waals surface area contributed by atoms with Gasteiger partial charge in [-0.3, -0.25) is 9.10 Å². The molecule has 1 fully saturated rings. The third kappa shape index (κ3) is 6.65. The van der Waals surface area contributed by atoms with E-state index < -0.39 is 10.0 Å². The van der Waals surface area contributed by atoms with Crippen LogP contribution >= 0.6 is 23.4 Å². The van der Waals surface area contributed by atoms with Gasteiger partial charge in [-0.25, -0.2) is 8.42 Å². The van der Waals surface area contributed by atoms with Crippen molar-refractivity contribution in [2.75, 3.05) is 23.1 Å². The van der Waals surface area contributed by atoms with Crippen LogP contribution in [0.4, 0.5) is 5.69 Å². The van der Waals surface area contributed by atoms with Gasteiger partial charge in [-0.15, -0.1) is 0 Å². The Morgan fingerprint density at radius 3 is 2.44 bits per heavy atom. The van der Waals surface area contributed by atoms with Crippen molar-refractivity contribution in [1.82, 2.24) is 5.32 Å². The Labute approximate surface area is 201 Å². The number of benzene rings is 2. The van der Waals surface area contributed by atoms with Gasteiger partial charge in [-0.2, -0.15) is 11.8 Å². The summed E-state index contributed by atoms with van der Waals surface area (Å²) >= 11 is 8.16. The van der Waals surface area contributed by atoms with Crippen LogP contribution in [-0.2, 0) is 14.8 Å². The number of carbonyl (C=O) groups is 1. The summed E-state index contributed by atoms with van der Waals surface area (Å²) < 4.78 is 28.0. The second-order valence-electron chi connectivity index (χ2n) is 8.24. The first kappa shape index (κ1) is 24.9. The van der Waals surface area contributed by atoms with Gasteiger partial charge in [0.05, 0.1) is 10.6 Å². The van der Waals surface area contributed by atoms with Crippen molar-refractivity contribution in [2.24, 2.45) is 0 Å². The van der Waals surface area contributed by atoms with Gasteiger partial charge in [0.2, 0.25) is 5.91 Å². The first-order valence-corrected chi connectivity index (χ1v) is 13.9. The van der Waals surface area contributed by atoms with Crippen LogP contribution in [0.3, 0.4) is 0 Å². The smallest absolute Gasteiger partial charge is 0.264 e. The summed E-state index contributed by atoms with van der Waals surface area (Å²) in [4.78, 5) is 12.8. The van der Waals surface area contributed by atoms with Crippen molar-refractivity contribution in [3.63, 3.8) is 0 Å². The van der Waals surface area contributed by atoms with E-state index in [-0.39, 0.29) is 17.3 Å². The third-order valence-corrected chi connectivity index (χ3v) is 9.25. The Morgan fingerprint density at radius 1 is 1.09 bits per heavy atom. The number of hydrogen-bond acceptors (Lipinski definition) is 4. The van der Waals surface area contributed by atoms with Crippen molar-refractivity contribution in [3.8, 4) is 0 Å². The molecule has 0 spiro atoms. The molecule has 2 aromatic rings. The molecule has 174 valence electrons. The molecule has 0 saturated heterocycles. The highest BCUT2D eigenvalue weighted by Gasteiger charge is 2.27. The van der Waals surface area contributed by atoms with Crippen LogP contribution in [0.5, 0.6) is 0 Å². The van der Waals surface area contributed by atoms with Crippen LogP contribution < -0.4 is 9.62 Å². The summed E-state index contributed by atoms with van der Waals surface area (Å²) in [5.74, 6) is 0.499. The minimum Gasteiger partial charge on any atom is -0.354 e. The highest BCUT2D eigenvalue weighted by atomic mass is 35.5. The van der Waals surface area contributed by atoms with Gasteiger partial charge < -0.3 is 5.32 Å². The molecule has 1 N–H and O–H groups in total. The number of amides is 1. The predicted molar refractivity (Wildman–Crippen MR) is 134 cm³/mol. The SMILES string of the molecule is Cc1ccc(S(=O)(=O)N(CC(=O)NCCSC2CCCCC2)c2ccc(C)c(Cl)c2)cc1. The Hall–Kier alpha value is -1.70. The van der Waals surface area contributed by atoms with E-state index in [0.29, 0.717) is 22.5 Å². The molecule has 1 aliphatic rings. The number of thioether (sulfide) groups is 1. The minimum atomic E-state index is -3.93. The topological polar surface area (TPSA) is 66.5 Å². The number of carbonyl (C=O) groups excluding carboxylic acids is 1. The fourth-order valence-electron chi connectivity index (χ4n) is 3.72. The van der Waals surface area contributed by atoms with E-state index in [2.05, 4.69) is 5.32 Å². The van der Waals surface area contributed by atoms with E-state index in [1.54, 1.807) is 42.5 Å². The average Bonchev–Trinajstić information content (AvgIpc) is 2.78. The molecule has 3 rings (SSSR count). The van der Waals surface area contributed by atoms with Gasteiger partial charge in [0.25, 0.3) is 10.0 Å². The molecule has 0 bridgehead atoms. The summed E-state index contributed by atoms with van der Waals surface area (Å²) in [7, 11) is -3.93. The molecule has 0 heterocycles. The van der Waals surface area contributed by atoms with Crippen molar-refractivity contribution >= 4 is 45.0 Å². The van der Waals surface area contributed by atoms with E-state index in [1.165, 1.54) is 32.1 Å². The number of aryl methyl sites for hydroxylation is 2. The Balaban J connectivity index is 1.71. The molecule has 2 aromatic carbocycles. The number of nitrogens with one attached hydrogen (secondary N) is 1. The molecule has 32 heavy (non-hydrogen) atoms. The molecule has 1 saturated carbocycles. The summed E-state index contributed by atoms with van der Waals surface area (Å²) in [6, 6.07) is 11.6. The summed E-state index contributed by atoms with van der Waals surface area (Å²) in [5.41, 5.74) is 2.17. The highest BCUT2D eigenvalue weighted by Crippen LogP contribution is 2.29. The van der Waals surface area contributed by atoms with Gasteiger partial charge in [-0.05, 0) is 56.5 Å². The molecule has 5 nitrogen and oxygen atoms in total. The fraction of sp³-hybridized carbons (Fsp3) is 0.458. The number of sulfonamides is 1. The van der Waals surface area contributed by atoms with E-state index in [9.17, 15) is 13.2 Å². The lowest BCUT2D eigenvalue weighted by Crippen LogP contribution is -2.41. The number of nitrogens with zero attached hydrogens (tertiary/aromatic N) is 1. The van der Waals surface area contributed by atoms with Gasteiger partial charge in [0, 0.05) is 22.6 Å². The molecule has 1 amide bonds. The summed E-state index contributed by atoms with van der Waals surface area (Å²) in [6.07, 6.45) is 6.39. The highest BCUT2D eigenvalue weighted by molar-refractivity contribution is 7.99. The summed E-state index contributed by atoms with van der Waals surface area (Å²) in [6.45, 7) is 3.96. The fourth-order valence-corrected chi connectivity index (χ4v) is 6.53. The number of rotatable bonds is 9. The average molecular weight is 495 g/mol. The van der Waals surface area contributed by atoms with Crippen LogP contribution in [0.15, 0.2) is 47.4 Å². The second-order valence-corrected chi connectivity index (χ2v) is 11.9. The predicted octanol–water partition coefficient (Wildman–Crippen LogP) is 5.33. The van der Waals surface area contributed by atoms with Gasteiger partial charge in [-0.1, -0.05) is 54.6 Å². The van der Waals surface area contributed by atoms with E-state index in [0.717, 1.165) is 21.2 Å². The first-order chi connectivity index (χ1) is 15.3. The quantitative estimate of drug-likeness (QED) is 0.478. The largest absolute Gasteiger partial charge is 0.354 e. The summed E-state index contributed by atoms with van der Waals surface area (Å²) in [5, 5.41) is 4.01. The number of halogens is 1. The maximum Gasteiger partial charge on any atom is 0.264 e. The molecular weight excluding hydrogens is 464 g/mol. The molecule has 0 aromatic heterocycles. The van der Waals surface area contributed by atoms with Gasteiger partial charge >= 0.3 is 0 Å². The Bertz CT molecular complexity index is 1020. The molecule has 0 atom stereocenters. The molecule has 0 aliphatic heterocycles. The zero-order valence-electron chi connectivity index (χ0n) is 18.6. The van der Waals surface area contributed by atoms with Crippen molar-refractivity contribution in [1.29, 1.82) is 0 Å². The Morgan fingerprint density at radius 2 is 1.78 bits per heavy atom. The monoisotopic (exact) mass is 494 g/mol. The van der Waals surface area contributed by atoms with E-state index in [4.69, 9.17) is 11.6 Å². The van der Waals surface area contributed by atoms with Crippen molar-refractivity contribution in [3.05, 3.63) is 58.6 Å². The lowest BCUT2D eigenvalue weighted by atomic mass is 10.0. The normalized spacial score (nSPS) is 14.8. The van der Waals surface area contributed by atoms with Crippen LogP contribution in [-0.4, -0.2) is 38.4 Å². The van der Waals surface area contributed by atoms with E-state index >= 15 is 0 Å². The maximum atomic E-state index is 13.4. The number of anilines is 1. The molecule has 8 heteroatoms. The number of hydrogen-bond donors (Lipinski definition) is 1.